The van der Waals surface area contributed by atoms with Gasteiger partial charge in [-0.2, -0.15) is 0 Å². The highest BCUT2D eigenvalue weighted by molar-refractivity contribution is 5.75. The van der Waals surface area contributed by atoms with Crippen LogP contribution in [0.3, 0.4) is 0 Å². The highest BCUT2D eigenvalue weighted by Gasteiger charge is 2.15. The summed E-state index contributed by atoms with van der Waals surface area (Å²) in [6, 6.07) is 10.3. The van der Waals surface area contributed by atoms with Gasteiger partial charge in [0.25, 0.3) is 0 Å². The van der Waals surface area contributed by atoms with E-state index < -0.39 is 0 Å². The maximum atomic E-state index is 12.2. The third-order valence-electron chi connectivity index (χ3n) is 3.70. The van der Waals surface area contributed by atoms with Gasteiger partial charge in [-0.25, -0.2) is 0 Å². The molecule has 1 aromatic heterocycles. The Balaban J connectivity index is 1.80. The topological polar surface area (TPSA) is 46.3 Å². The minimum absolute atomic E-state index is 0.158. The van der Waals surface area contributed by atoms with Crippen molar-refractivity contribution < 1.29 is 9.32 Å². The number of hydrogen-bond donors (Lipinski definition) is 0. The van der Waals surface area contributed by atoms with Crippen molar-refractivity contribution in [3.05, 3.63) is 52.9 Å². The third-order valence-corrected chi connectivity index (χ3v) is 3.70. The van der Waals surface area contributed by atoms with Crippen molar-refractivity contribution in [1.82, 2.24) is 10.1 Å². The van der Waals surface area contributed by atoms with Crippen LogP contribution < -0.4 is 0 Å². The third kappa shape index (κ3) is 4.18. The van der Waals surface area contributed by atoms with Crippen LogP contribution in [-0.4, -0.2) is 23.0 Å². The summed E-state index contributed by atoms with van der Waals surface area (Å²) >= 11 is 0. The van der Waals surface area contributed by atoms with Gasteiger partial charge in [-0.15, -0.1) is 0 Å². The molecule has 4 heteroatoms. The second-order valence-corrected chi connectivity index (χ2v) is 5.39. The van der Waals surface area contributed by atoms with Crippen LogP contribution in [-0.2, 0) is 17.8 Å². The molecule has 4 nitrogen and oxygen atoms in total. The maximum absolute atomic E-state index is 12.2. The van der Waals surface area contributed by atoms with E-state index in [1.165, 1.54) is 5.56 Å². The van der Waals surface area contributed by atoms with Crippen LogP contribution >= 0.6 is 0 Å². The molecular weight excluding hydrogens is 264 g/mol. The zero-order valence-corrected chi connectivity index (χ0v) is 12.9. The lowest BCUT2D eigenvalue weighted by atomic mass is 10.1. The molecule has 0 fully saturated rings. The standard InChI is InChI=1S/C17H22N2O2/c1-13-16(14(2)21-18-13)12-19(3)17(20)11-7-10-15-8-5-4-6-9-15/h4-6,8-9H,7,10-12H2,1-3H3. The molecule has 2 aromatic rings. The van der Waals surface area contributed by atoms with Crippen LogP contribution in [0.1, 0.15) is 35.4 Å². The monoisotopic (exact) mass is 286 g/mol. The van der Waals surface area contributed by atoms with Crippen LogP contribution in [0.25, 0.3) is 0 Å². The Kier molecular flexibility index (Phi) is 5.14. The average molecular weight is 286 g/mol. The molecule has 112 valence electrons. The molecule has 0 aliphatic rings. The van der Waals surface area contributed by atoms with Gasteiger partial charge < -0.3 is 9.42 Å². The largest absolute Gasteiger partial charge is 0.361 e. The fourth-order valence-electron chi connectivity index (χ4n) is 2.33. The molecule has 0 aliphatic carbocycles. The summed E-state index contributed by atoms with van der Waals surface area (Å²) in [6.07, 6.45) is 2.37. The van der Waals surface area contributed by atoms with E-state index in [1.54, 1.807) is 4.90 Å². The Bertz CT molecular complexity index is 571. The molecule has 0 N–H and O–H groups in total. The summed E-state index contributed by atoms with van der Waals surface area (Å²) in [4.78, 5) is 13.9. The van der Waals surface area contributed by atoms with E-state index in [0.29, 0.717) is 13.0 Å². The molecule has 2 rings (SSSR count). The maximum Gasteiger partial charge on any atom is 0.222 e. The predicted octanol–water partition coefficient (Wildman–Crippen LogP) is 3.27. The molecule has 0 spiro atoms. The van der Waals surface area contributed by atoms with Crippen molar-refractivity contribution in [2.24, 2.45) is 0 Å². The Morgan fingerprint density at radius 2 is 1.95 bits per heavy atom. The van der Waals surface area contributed by atoms with Crippen LogP contribution in [0.5, 0.6) is 0 Å². The molecule has 0 aliphatic heterocycles. The first-order chi connectivity index (χ1) is 10.1. The number of carbonyl (C=O) groups is 1. The van der Waals surface area contributed by atoms with Crippen LogP contribution in [0.2, 0.25) is 0 Å². The molecule has 1 amide bonds. The Labute approximate surface area is 125 Å². The van der Waals surface area contributed by atoms with Crippen LogP contribution in [0.15, 0.2) is 34.9 Å². The molecule has 0 saturated carbocycles. The highest BCUT2D eigenvalue weighted by atomic mass is 16.5. The Hall–Kier alpha value is -2.10. The van der Waals surface area contributed by atoms with Crippen molar-refractivity contribution in [3.63, 3.8) is 0 Å². The molecular formula is C17H22N2O2. The van der Waals surface area contributed by atoms with Crippen LogP contribution in [0.4, 0.5) is 0 Å². The molecule has 1 aromatic carbocycles. The van der Waals surface area contributed by atoms with Crippen molar-refractivity contribution >= 4 is 5.91 Å². The summed E-state index contributed by atoms with van der Waals surface area (Å²) in [6.45, 7) is 4.34. The van der Waals surface area contributed by atoms with E-state index in [9.17, 15) is 4.79 Å². The van der Waals surface area contributed by atoms with E-state index in [2.05, 4.69) is 17.3 Å². The van der Waals surface area contributed by atoms with E-state index in [0.717, 1.165) is 29.9 Å². The summed E-state index contributed by atoms with van der Waals surface area (Å²) in [7, 11) is 1.83. The van der Waals surface area contributed by atoms with Gasteiger partial charge in [-0.05, 0) is 32.3 Å². The lowest BCUT2D eigenvalue weighted by molar-refractivity contribution is -0.130. The van der Waals surface area contributed by atoms with Crippen molar-refractivity contribution in [3.8, 4) is 0 Å². The van der Waals surface area contributed by atoms with Crippen LogP contribution in [0, 0.1) is 13.8 Å². The molecule has 1 heterocycles. The van der Waals surface area contributed by atoms with E-state index in [-0.39, 0.29) is 5.91 Å². The van der Waals surface area contributed by atoms with E-state index >= 15 is 0 Å². The number of amides is 1. The van der Waals surface area contributed by atoms with Gasteiger partial charge in [0.15, 0.2) is 0 Å². The quantitative estimate of drug-likeness (QED) is 0.818. The summed E-state index contributed by atoms with van der Waals surface area (Å²) in [5.74, 6) is 0.947. The second-order valence-electron chi connectivity index (χ2n) is 5.39. The molecule has 0 saturated heterocycles. The number of carbonyl (C=O) groups excluding carboxylic acids is 1. The zero-order chi connectivity index (χ0) is 15.2. The van der Waals surface area contributed by atoms with Gasteiger partial charge in [0.1, 0.15) is 5.76 Å². The number of aryl methyl sites for hydroxylation is 3. The molecule has 0 unspecified atom stereocenters. The van der Waals surface area contributed by atoms with E-state index in [4.69, 9.17) is 4.52 Å². The zero-order valence-electron chi connectivity index (χ0n) is 12.9. The lowest BCUT2D eigenvalue weighted by Crippen LogP contribution is -2.26. The number of nitrogens with zero attached hydrogens (tertiary/aromatic N) is 2. The molecule has 0 atom stereocenters. The van der Waals surface area contributed by atoms with Gasteiger partial charge in [0.05, 0.1) is 12.2 Å². The predicted molar refractivity (Wildman–Crippen MR) is 81.8 cm³/mol. The Morgan fingerprint density at radius 1 is 1.24 bits per heavy atom. The first kappa shape index (κ1) is 15.3. The number of benzene rings is 1. The fourth-order valence-corrected chi connectivity index (χ4v) is 2.33. The molecule has 21 heavy (non-hydrogen) atoms. The number of hydrogen-bond acceptors (Lipinski definition) is 3. The van der Waals surface area contributed by atoms with Gasteiger partial charge in [0.2, 0.25) is 5.91 Å². The highest BCUT2D eigenvalue weighted by Crippen LogP contribution is 2.15. The van der Waals surface area contributed by atoms with E-state index in [1.807, 2.05) is 39.1 Å². The summed E-state index contributed by atoms with van der Waals surface area (Å²) in [5, 5.41) is 3.92. The van der Waals surface area contributed by atoms with Gasteiger partial charge >= 0.3 is 0 Å². The smallest absolute Gasteiger partial charge is 0.222 e. The van der Waals surface area contributed by atoms with Crippen molar-refractivity contribution in [2.45, 2.75) is 39.7 Å². The van der Waals surface area contributed by atoms with Gasteiger partial charge in [0, 0.05) is 19.0 Å². The molecule has 0 bridgehead atoms. The van der Waals surface area contributed by atoms with Gasteiger partial charge in [-0.1, -0.05) is 35.5 Å². The summed E-state index contributed by atoms with van der Waals surface area (Å²) in [5.41, 5.74) is 3.14. The minimum Gasteiger partial charge on any atom is -0.361 e. The normalized spacial score (nSPS) is 10.6. The first-order valence-corrected chi connectivity index (χ1v) is 7.27. The average Bonchev–Trinajstić information content (AvgIpc) is 2.80. The lowest BCUT2D eigenvalue weighted by Gasteiger charge is -2.17. The first-order valence-electron chi connectivity index (χ1n) is 7.27. The summed E-state index contributed by atoms with van der Waals surface area (Å²) < 4.78 is 5.13. The number of aromatic nitrogens is 1. The Morgan fingerprint density at radius 3 is 2.57 bits per heavy atom. The van der Waals surface area contributed by atoms with Crippen molar-refractivity contribution in [1.29, 1.82) is 0 Å². The van der Waals surface area contributed by atoms with Gasteiger partial charge in [-0.3, -0.25) is 4.79 Å². The minimum atomic E-state index is 0.158. The fraction of sp³-hybridized carbons (Fsp3) is 0.412. The SMILES string of the molecule is Cc1noc(C)c1CN(C)C(=O)CCCc1ccccc1. The number of rotatable bonds is 6. The van der Waals surface area contributed by atoms with Crippen molar-refractivity contribution in [2.75, 3.05) is 7.05 Å². The second kappa shape index (κ2) is 7.07. The molecule has 0 radical (unpaired) electrons.